The monoisotopic (exact) mass is 307 g/mol. The highest BCUT2D eigenvalue weighted by molar-refractivity contribution is 6.31. The van der Waals surface area contributed by atoms with E-state index in [4.69, 9.17) is 16.3 Å². The van der Waals surface area contributed by atoms with Crippen LogP contribution in [0.3, 0.4) is 0 Å². The number of hydrogen-bond acceptors (Lipinski definition) is 2. The Hall–Kier alpha value is -0.570. The van der Waals surface area contributed by atoms with Crippen LogP contribution >= 0.6 is 11.6 Å². The maximum absolute atomic E-state index is 6.51. The van der Waals surface area contributed by atoms with Crippen molar-refractivity contribution in [2.24, 2.45) is 5.41 Å². The van der Waals surface area contributed by atoms with Crippen LogP contribution in [0.1, 0.15) is 45.1 Å². The summed E-state index contributed by atoms with van der Waals surface area (Å²) in [6, 6.07) is 8.90. The highest BCUT2D eigenvalue weighted by atomic mass is 35.5. The first-order chi connectivity index (χ1) is 10.1. The molecule has 1 aliphatic carbocycles. The van der Waals surface area contributed by atoms with E-state index in [-0.39, 0.29) is 5.41 Å². The van der Waals surface area contributed by atoms with Gasteiger partial charge in [0.05, 0.1) is 0 Å². The van der Waals surface area contributed by atoms with Crippen molar-refractivity contribution < 1.29 is 4.74 Å². The van der Waals surface area contributed by atoms with Crippen molar-refractivity contribution in [3.8, 4) is 0 Å². The molecular formula is C18H26ClNO. The summed E-state index contributed by atoms with van der Waals surface area (Å²) < 4.78 is 5.55. The van der Waals surface area contributed by atoms with E-state index in [0.29, 0.717) is 11.5 Å². The molecule has 1 saturated carbocycles. The number of nitrogens with one attached hydrogen (secondary N) is 1. The topological polar surface area (TPSA) is 21.3 Å². The summed E-state index contributed by atoms with van der Waals surface area (Å²) >= 11 is 6.51. The van der Waals surface area contributed by atoms with E-state index in [1.807, 2.05) is 12.1 Å². The quantitative estimate of drug-likeness (QED) is 0.901. The van der Waals surface area contributed by atoms with Gasteiger partial charge in [-0.15, -0.1) is 0 Å². The van der Waals surface area contributed by atoms with Gasteiger partial charge in [-0.25, -0.2) is 0 Å². The molecule has 1 aromatic rings. The molecule has 0 aromatic heterocycles. The van der Waals surface area contributed by atoms with Crippen molar-refractivity contribution in [1.82, 2.24) is 5.32 Å². The fourth-order valence-corrected chi connectivity index (χ4v) is 4.58. The summed E-state index contributed by atoms with van der Waals surface area (Å²) in [5.74, 6) is 0. The third-order valence-electron chi connectivity index (χ3n) is 5.27. The van der Waals surface area contributed by atoms with Gasteiger partial charge in [-0.3, -0.25) is 0 Å². The van der Waals surface area contributed by atoms with E-state index < -0.39 is 0 Å². The predicted octanol–water partition coefficient (Wildman–Crippen LogP) is 4.17. The highest BCUT2D eigenvalue weighted by Gasteiger charge is 2.55. The number of hydrogen-bond donors (Lipinski definition) is 1. The summed E-state index contributed by atoms with van der Waals surface area (Å²) in [6.45, 7) is 7.30. The van der Waals surface area contributed by atoms with Gasteiger partial charge in [-0.2, -0.15) is 0 Å². The lowest BCUT2D eigenvalue weighted by molar-refractivity contribution is -0.0740. The third kappa shape index (κ3) is 2.99. The second-order valence-corrected chi connectivity index (χ2v) is 7.67. The Labute approximate surface area is 133 Å². The van der Waals surface area contributed by atoms with Crippen molar-refractivity contribution in [3.63, 3.8) is 0 Å². The number of halogens is 1. The number of ether oxygens (including phenoxy) is 1. The molecule has 0 amide bonds. The smallest absolute Gasteiger partial charge is 0.0471 e. The summed E-state index contributed by atoms with van der Waals surface area (Å²) in [7, 11) is 0. The standard InChI is InChI=1S/C18H26ClNO/c1-14(2)20-13-18(15-5-3-4-6-16(15)19)11-17(12-18)7-9-21-10-8-17/h3-6,14,20H,7-13H2,1-2H3. The molecule has 1 aliphatic heterocycles. The van der Waals surface area contributed by atoms with Crippen molar-refractivity contribution in [3.05, 3.63) is 34.9 Å². The van der Waals surface area contributed by atoms with Gasteiger partial charge in [0.25, 0.3) is 0 Å². The molecule has 0 radical (unpaired) electrons. The number of benzene rings is 1. The average molecular weight is 308 g/mol. The van der Waals surface area contributed by atoms with Gasteiger partial charge >= 0.3 is 0 Å². The predicted molar refractivity (Wildman–Crippen MR) is 88.0 cm³/mol. The Morgan fingerprint density at radius 2 is 1.86 bits per heavy atom. The Bertz CT molecular complexity index is 486. The Morgan fingerprint density at radius 3 is 2.48 bits per heavy atom. The molecule has 3 rings (SSSR count). The van der Waals surface area contributed by atoms with Gasteiger partial charge in [-0.1, -0.05) is 43.6 Å². The van der Waals surface area contributed by atoms with Crippen LogP contribution in [-0.2, 0) is 10.2 Å². The van der Waals surface area contributed by atoms with Crippen LogP contribution in [0.4, 0.5) is 0 Å². The fourth-order valence-electron chi connectivity index (χ4n) is 4.24. The maximum Gasteiger partial charge on any atom is 0.0471 e. The van der Waals surface area contributed by atoms with Gasteiger partial charge in [0.2, 0.25) is 0 Å². The van der Waals surface area contributed by atoms with Crippen LogP contribution in [0.15, 0.2) is 24.3 Å². The minimum Gasteiger partial charge on any atom is -0.381 e. The van der Waals surface area contributed by atoms with E-state index in [1.54, 1.807) is 0 Å². The van der Waals surface area contributed by atoms with Gasteiger partial charge < -0.3 is 10.1 Å². The van der Waals surface area contributed by atoms with E-state index in [1.165, 1.54) is 31.2 Å². The normalized spacial score (nSPS) is 23.2. The van der Waals surface area contributed by atoms with Crippen LogP contribution in [-0.4, -0.2) is 25.8 Å². The number of rotatable bonds is 4. The van der Waals surface area contributed by atoms with Crippen LogP contribution in [0.2, 0.25) is 5.02 Å². The fraction of sp³-hybridized carbons (Fsp3) is 0.667. The molecule has 1 aromatic carbocycles. The van der Waals surface area contributed by atoms with E-state index in [2.05, 4.69) is 31.3 Å². The molecule has 1 heterocycles. The molecule has 21 heavy (non-hydrogen) atoms. The minimum atomic E-state index is 0.208. The molecule has 1 N–H and O–H groups in total. The average Bonchev–Trinajstić information content (AvgIpc) is 2.44. The molecule has 0 bridgehead atoms. The van der Waals surface area contributed by atoms with Crippen LogP contribution < -0.4 is 5.32 Å². The zero-order chi connectivity index (χ0) is 14.9. The van der Waals surface area contributed by atoms with E-state index in [9.17, 15) is 0 Å². The largest absolute Gasteiger partial charge is 0.381 e. The highest BCUT2D eigenvalue weighted by Crippen LogP contribution is 2.60. The minimum absolute atomic E-state index is 0.208. The Kier molecular flexibility index (Phi) is 4.31. The molecule has 1 saturated heterocycles. The first kappa shape index (κ1) is 15.3. The lowest BCUT2D eigenvalue weighted by Gasteiger charge is -2.59. The van der Waals surface area contributed by atoms with Crippen LogP contribution in [0.5, 0.6) is 0 Å². The van der Waals surface area contributed by atoms with Crippen molar-refractivity contribution >= 4 is 11.6 Å². The lowest BCUT2D eigenvalue weighted by atomic mass is 9.48. The second kappa shape index (κ2) is 5.91. The summed E-state index contributed by atoms with van der Waals surface area (Å²) in [5, 5.41) is 4.57. The lowest BCUT2D eigenvalue weighted by Crippen LogP contribution is -2.57. The van der Waals surface area contributed by atoms with Gasteiger partial charge in [0.15, 0.2) is 0 Å². The van der Waals surface area contributed by atoms with Gasteiger partial charge in [0, 0.05) is 36.2 Å². The van der Waals surface area contributed by atoms with E-state index in [0.717, 1.165) is 24.8 Å². The molecule has 2 aliphatic rings. The molecule has 0 atom stereocenters. The van der Waals surface area contributed by atoms with Crippen molar-refractivity contribution in [2.75, 3.05) is 19.8 Å². The van der Waals surface area contributed by atoms with Gasteiger partial charge in [-0.05, 0) is 42.7 Å². The molecule has 0 unspecified atom stereocenters. The maximum atomic E-state index is 6.51. The molecular weight excluding hydrogens is 282 g/mol. The first-order valence-corrected chi connectivity index (χ1v) is 8.49. The third-order valence-corrected chi connectivity index (χ3v) is 5.60. The molecule has 2 fully saturated rings. The Balaban J connectivity index is 1.82. The van der Waals surface area contributed by atoms with Gasteiger partial charge in [0.1, 0.15) is 0 Å². The summed E-state index contributed by atoms with van der Waals surface area (Å²) in [5.41, 5.74) is 2.03. The zero-order valence-corrected chi connectivity index (χ0v) is 13.9. The second-order valence-electron chi connectivity index (χ2n) is 7.26. The zero-order valence-electron chi connectivity index (χ0n) is 13.1. The molecule has 116 valence electrons. The van der Waals surface area contributed by atoms with Crippen LogP contribution in [0.25, 0.3) is 0 Å². The summed E-state index contributed by atoms with van der Waals surface area (Å²) in [4.78, 5) is 0. The molecule has 3 heteroatoms. The molecule has 2 nitrogen and oxygen atoms in total. The SMILES string of the molecule is CC(C)NCC1(c2ccccc2Cl)CC2(CCOCC2)C1. The van der Waals surface area contributed by atoms with Crippen molar-refractivity contribution in [2.45, 2.75) is 51.0 Å². The van der Waals surface area contributed by atoms with E-state index >= 15 is 0 Å². The van der Waals surface area contributed by atoms with Crippen LogP contribution in [0, 0.1) is 5.41 Å². The first-order valence-electron chi connectivity index (χ1n) is 8.12. The Morgan fingerprint density at radius 1 is 1.19 bits per heavy atom. The molecule has 1 spiro atoms. The van der Waals surface area contributed by atoms with Crippen molar-refractivity contribution in [1.29, 1.82) is 0 Å². The summed E-state index contributed by atoms with van der Waals surface area (Å²) in [6.07, 6.45) is 4.90.